The van der Waals surface area contributed by atoms with Crippen molar-refractivity contribution in [3.8, 4) is 0 Å². The lowest BCUT2D eigenvalue weighted by Gasteiger charge is -2.16. The average molecular weight is 325 g/mol. The molecule has 1 atom stereocenters. The van der Waals surface area contributed by atoms with Gasteiger partial charge in [0.25, 0.3) is 0 Å². The van der Waals surface area contributed by atoms with Crippen molar-refractivity contribution in [1.29, 1.82) is 0 Å². The highest BCUT2D eigenvalue weighted by atomic mass is 32.1. The van der Waals surface area contributed by atoms with Gasteiger partial charge in [0.1, 0.15) is 6.04 Å². The Labute approximate surface area is 139 Å². The summed E-state index contributed by atoms with van der Waals surface area (Å²) in [6, 6.07) is 13.4. The number of fused-ring (bicyclic) bond motifs is 1. The van der Waals surface area contributed by atoms with Crippen molar-refractivity contribution < 1.29 is 4.79 Å². The van der Waals surface area contributed by atoms with E-state index in [0.717, 1.165) is 32.2 Å². The highest BCUT2D eigenvalue weighted by Crippen LogP contribution is 2.25. The molecule has 1 aromatic heterocycles. The zero-order valence-corrected chi connectivity index (χ0v) is 14.2. The van der Waals surface area contributed by atoms with Gasteiger partial charge < -0.3 is 10.6 Å². The third-order valence-corrected chi connectivity index (χ3v) is 4.61. The molecule has 118 valence electrons. The number of carbonyl (C=O) groups is 1. The van der Waals surface area contributed by atoms with Crippen LogP contribution in [0.3, 0.4) is 0 Å². The highest BCUT2D eigenvalue weighted by Gasteiger charge is 2.14. The number of para-hydroxylation sites is 1. The number of nitrogens with zero attached hydrogens (tertiary/aromatic N) is 1. The molecule has 23 heavy (non-hydrogen) atoms. The Bertz CT molecular complexity index is 856. The first-order valence-electron chi connectivity index (χ1n) is 7.53. The molecular formula is C18H19N3OS. The molecule has 1 unspecified atom stereocenters. The Kier molecular flexibility index (Phi) is 4.30. The zero-order chi connectivity index (χ0) is 16.4. The summed E-state index contributed by atoms with van der Waals surface area (Å²) in [5, 5.41) is 7.25. The van der Waals surface area contributed by atoms with Crippen LogP contribution in [0.1, 0.15) is 17.5 Å². The SMILES string of the molecule is Cc1nc2ccc(NC(C)C(=O)Nc3ccccc3C)cc2s1. The number of rotatable bonds is 4. The molecule has 0 aliphatic carbocycles. The number of amides is 1. The van der Waals surface area contributed by atoms with E-state index >= 15 is 0 Å². The van der Waals surface area contributed by atoms with Gasteiger partial charge in [0.05, 0.1) is 15.2 Å². The monoisotopic (exact) mass is 325 g/mol. The van der Waals surface area contributed by atoms with E-state index in [1.54, 1.807) is 11.3 Å². The maximum atomic E-state index is 12.4. The van der Waals surface area contributed by atoms with Crippen molar-refractivity contribution in [2.75, 3.05) is 10.6 Å². The second-order valence-corrected chi connectivity index (χ2v) is 6.82. The molecule has 0 saturated carbocycles. The molecule has 4 nitrogen and oxygen atoms in total. The molecule has 0 aliphatic rings. The fraction of sp³-hybridized carbons (Fsp3) is 0.222. The first-order valence-corrected chi connectivity index (χ1v) is 8.35. The summed E-state index contributed by atoms with van der Waals surface area (Å²) in [6.45, 7) is 5.83. The van der Waals surface area contributed by atoms with Gasteiger partial charge in [0.2, 0.25) is 5.91 Å². The number of hydrogen-bond acceptors (Lipinski definition) is 4. The van der Waals surface area contributed by atoms with Crippen LogP contribution in [-0.2, 0) is 4.79 Å². The Balaban J connectivity index is 1.70. The maximum Gasteiger partial charge on any atom is 0.246 e. The number of aryl methyl sites for hydroxylation is 2. The summed E-state index contributed by atoms with van der Waals surface area (Å²) in [5.41, 5.74) is 3.82. The normalized spacial score (nSPS) is 12.1. The second-order valence-electron chi connectivity index (χ2n) is 5.59. The van der Waals surface area contributed by atoms with E-state index in [1.807, 2.05) is 63.2 Å². The minimum atomic E-state index is -0.332. The lowest BCUT2D eigenvalue weighted by atomic mass is 10.2. The molecule has 3 aromatic rings. The van der Waals surface area contributed by atoms with Gasteiger partial charge in [-0.05, 0) is 50.6 Å². The van der Waals surface area contributed by atoms with E-state index in [2.05, 4.69) is 15.6 Å². The first-order chi connectivity index (χ1) is 11.0. The van der Waals surface area contributed by atoms with Crippen LogP contribution >= 0.6 is 11.3 Å². The molecule has 0 bridgehead atoms. The third kappa shape index (κ3) is 3.51. The van der Waals surface area contributed by atoms with Gasteiger partial charge in [-0.25, -0.2) is 4.98 Å². The number of carbonyl (C=O) groups excluding carboxylic acids is 1. The average Bonchev–Trinajstić information content (AvgIpc) is 2.88. The van der Waals surface area contributed by atoms with Gasteiger partial charge in [0.15, 0.2) is 0 Å². The van der Waals surface area contributed by atoms with Crippen molar-refractivity contribution >= 4 is 38.8 Å². The van der Waals surface area contributed by atoms with Crippen LogP contribution in [0.25, 0.3) is 10.2 Å². The van der Waals surface area contributed by atoms with Gasteiger partial charge in [-0.3, -0.25) is 4.79 Å². The molecule has 1 amide bonds. The fourth-order valence-corrected chi connectivity index (χ4v) is 3.27. The molecule has 5 heteroatoms. The van der Waals surface area contributed by atoms with Gasteiger partial charge in [-0.15, -0.1) is 11.3 Å². The Morgan fingerprint density at radius 2 is 1.96 bits per heavy atom. The zero-order valence-electron chi connectivity index (χ0n) is 13.4. The molecule has 3 rings (SSSR count). The number of thiazole rings is 1. The summed E-state index contributed by atoms with van der Waals surface area (Å²) >= 11 is 1.65. The summed E-state index contributed by atoms with van der Waals surface area (Å²) in [4.78, 5) is 16.8. The lowest BCUT2D eigenvalue weighted by molar-refractivity contribution is -0.116. The van der Waals surface area contributed by atoms with E-state index in [0.29, 0.717) is 0 Å². The van der Waals surface area contributed by atoms with Crippen LogP contribution in [0.2, 0.25) is 0 Å². The van der Waals surface area contributed by atoms with Crippen molar-refractivity contribution in [1.82, 2.24) is 4.98 Å². The van der Waals surface area contributed by atoms with E-state index in [-0.39, 0.29) is 11.9 Å². The van der Waals surface area contributed by atoms with E-state index < -0.39 is 0 Å². The minimum absolute atomic E-state index is 0.0557. The van der Waals surface area contributed by atoms with Crippen molar-refractivity contribution in [2.24, 2.45) is 0 Å². The molecule has 0 fully saturated rings. The summed E-state index contributed by atoms with van der Waals surface area (Å²) in [6.07, 6.45) is 0. The molecule has 0 spiro atoms. The lowest BCUT2D eigenvalue weighted by Crippen LogP contribution is -2.32. The Hall–Kier alpha value is -2.40. The van der Waals surface area contributed by atoms with Crippen LogP contribution in [0.4, 0.5) is 11.4 Å². The summed E-state index contributed by atoms with van der Waals surface area (Å²) in [7, 11) is 0. The van der Waals surface area contributed by atoms with Gasteiger partial charge in [-0.1, -0.05) is 18.2 Å². The molecule has 0 radical (unpaired) electrons. The predicted octanol–water partition coefficient (Wildman–Crippen LogP) is 4.35. The van der Waals surface area contributed by atoms with Crippen LogP contribution in [0.5, 0.6) is 0 Å². The van der Waals surface area contributed by atoms with Crippen molar-refractivity contribution in [3.05, 3.63) is 53.0 Å². The van der Waals surface area contributed by atoms with Crippen molar-refractivity contribution in [2.45, 2.75) is 26.8 Å². The second kappa shape index (κ2) is 6.38. The summed E-state index contributed by atoms with van der Waals surface area (Å²) in [5.74, 6) is -0.0557. The Morgan fingerprint density at radius 1 is 1.17 bits per heavy atom. The van der Waals surface area contributed by atoms with Crippen LogP contribution in [0.15, 0.2) is 42.5 Å². The van der Waals surface area contributed by atoms with E-state index in [9.17, 15) is 4.79 Å². The molecule has 0 saturated heterocycles. The molecular weight excluding hydrogens is 306 g/mol. The fourth-order valence-electron chi connectivity index (χ4n) is 2.40. The van der Waals surface area contributed by atoms with E-state index in [4.69, 9.17) is 0 Å². The standard InChI is InChI=1S/C18H19N3OS/c1-11-6-4-5-7-15(11)21-18(22)12(2)19-14-8-9-16-17(10-14)23-13(3)20-16/h4-10,12,19H,1-3H3,(H,21,22). The number of nitrogens with one attached hydrogen (secondary N) is 2. The number of hydrogen-bond donors (Lipinski definition) is 2. The molecule has 0 aliphatic heterocycles. The quantitative estimate of drug-likeness (QED) is 0.749. The van der Waals surface area contributed by atoms with Gasteiger partial charge in [-0.2, -0.15) is 0 Å². The molecule has 1 heterocycles. The molecule has 2 aromatic carbocycles. The van der Waals surface area contributed by atoms with Crippen LogP contribution < -0.4 is 10.6 Å². The number of benzene rings is 2. The first kappa shape index (κ1) is 15.5. The number of aromatic nitrogens is 1. The Morgan fingerprint density at radius 3 is 2.74 bits per heavy atom. The predicted molar refractivity (Wildman–Crippen MR) is 97.3 cm³/mol. The smallest absolute Gasteiger partial charge is 0.246 e. The van der Waals surface area contributed by atoms with Crippen LogP contribution in [0, 0.1) is 13.8 Å². The van der Waals surface area contributed by atoms with Crippen molar-refractivity contribution in [3.63, 3.8) is 0 Å². The van der Waals surface area contributed by atoms with Crippen LogP contribution in [-0.4, -0.2) is 16.9 Å². The maximum absolute atomic E-state index is 12.4. The topological polar surface area (TPSA) is 54.0 Å². The molecule has 2 N–H and O–H groups in total. The minimum Gasteiger partial charge on any atom is -0.374 e. The van der Waals surface area contributed by atoms with Gasteiger partial charge in [0, 0.05) is 11.4 Å². The number of anilines is 2. The largest absolute Gasteiger partial charge is 0.374 e. The van der Waals surface area contributed by atoms with E-state index in [1.165, 1.54) is 0 Å². The summed E-state index contributed by atoms with van der Waals surface area (Å²) < 4.78 is 1.12. The third-order valence-electron chi connectivity index (χ3n) is 3.67. The highest BCUT2D eigenvalue weighted by molar-refractivity contribution is 7.18. The van der Waals surface area contributed by atoms with Gasteiger partial charge >= 0.3 is 0 Å².